The molecule has 209 valence electrons. The van der Waals surface area contributed by atoms with Crippen LogP contribution in [0.2, 0.25) is 0 Å². The minimum Gasteiger partial charge on any atom is -0.577 e. The van der Waals surface area contributed by atoms with Crippen molar-refractivity contribution < 1.29 is 37.7 Å². The van der Waals surface area contributed by atoms with Gasteiger partial charge in [0.05, 0.1) is 0 Å². The molecule has 0 unspecified atom stereocenters. The van der Waals surface area contributed by atoms with Gasteiger partial charge in [-0.05, 0) is 29.3 Å². The molecule has 0 spiro atoms. The molecule has 0 atom stereocenters. The van der Waals surface area contributed by atoms with E-state index < -0.39 is 15.2 Å². The molecular formula is C29H37BF4NOPRe-2. The maximum atomic E-state index is 9.75. The van der Waals surface area contributed by atoms with Crippen LogP contribution in [0.1, 0.15) is 52.9 Å². The van der Waals surface area contributed by atoms with Gasteiger partial charge in [0.1, 0.15) is 0 Å². The SMILES string of the molecule is C1CCCC1.C=CC(C)(C)C.F[B-](F)(F)F.[N-]=O.[Re].c1ccc(P(c2ccccc2)c2ccccc2)cc1. The molecule has 0 heterocycles. The molecule has 3 aromatic rings. The third-order valence-electron chi connectivity index (χ3n) is 4.91. The van der Waals surface area contributed by atoms with Crippen molar-refractivity contribution in [3.8, 4) is 0 Å². The van der Waals surface area contributed by atoms with E-state index in [9.17, 15) is 17.3 Å². The molecule has 1 saturated carbocycles. The van der Waals surface area contributed by atoms with Gasteiger partial charge in [0.2, 0.25) is 0 Å². The van der Waals surface area contributed by atoms with Crippen molar-refractivity contribution in [2.24, 2.45) is 5.41 Å². The Morgan fingerprint density at radius 1 is 0.658 bits per heavy atom. The van der Waals surface area contributed by atoms with Gasteiger partial charge in [-0.2, -0.15) is 0 Å². The van der Waals surface area contributed by atoms with Gasteiger partial charge in [-0.1, -0.05) is 150 Å². The second-order valence-corrected chi connectivity index (χ2v) is 11.4. The van der Waals surface area contributed by atoms with Gasteiger partial charge in [-0.3, -0.25) is 0 Å². The number of nitroso groups, excluding NO2 is 1. The van der Waals surface area contributed by atoms with E-state index in [-0.39, 0.29) is 20.4 Å². The summed E-state index contributed by atoms with van der Waals surface area (Å²) in [6, 6.07) is 32.3. The summed E-state index contributed by atoms with van der Waals surface area (Å²) in [4.78, 5) is 7.25. The van der Waals surface area contributed by atoms with Crippen LogP contribution >= 0.6 is 7.92 Å². The summed E-state index contributed by atoms with van der Waals surface area (Å²) in [7, 11) is -6.45. The molecule has 2 nitrogen and oxygen atoms in total. The summed E-state index contributed by atoms with van der Waals surface area (Å²) in [6.07, 6.45) is 9.44. The molecule has 4 rings (SSSR count). The monoisotopic (exact) mass is 720 g/mol. The van der Waals surface area contributed by atoms with Crippen LogP contribution in [0.25, 0.3) is 5.59 Å². The average Bonchev–Trinajstić information content (AvgIpc) is 3.47. The Labute approximate surface area is 240 Å². The average molecular weight is 720 g/mol. The van der Waals surface area contributed by atoms with Crippen LogP contribution in [0.3, 0.4) is 0 Å². The molecule has 0 N–H and O–H groups in total. The first kappa shape index (κ1) is 38.0. The van der Waals surface area contributed by atoms with Gasteiger partial charge in [-0.15, -0.1) is 6.58 Å². The van der Waals surface area contributed by atoms with Crippen molar-refractivity contribution in [2.75, 3.05) is 0 Å². The number of hydrogen-bond donors (Lipinski definition) is 0. The molecule has 0 aromatic heterocycles. The summed E-state index contributed by atoms with van der Waals surface area (Å²) < 4.78 is 39.0. The summed E-state index contributed by atoms with van der Waals surface area (Å²) in [5, 5.41) is 4.19. The van der Waals surface area contributed by atoms with Gasteiger partial charge in [0.25, 0.3) is 0 Å². The second kappa shape index (κ2) is 21.8. The predicted octanol–water partition coefficient (Wildman–Crippen LogP) is 9.23. The van der Waals surface area contributed by atoms with Crippen LogP contribution in [0.4, 0.5) is 17.3 Å². The summed E-state index contributed by atoms with van der Waals surface area (Å²) in [6.45, 7) is 10.0. The van der Waals surface area contributed by atoms with E-state index in [4.69, 9.17) is 10.5 Å². The third-order valence-corrected chi connectivity index (χ3v) is 7.35. The van der Waals surface area contributed by atoms with Crippen LogP contribution in [-0.2, 0) is 20.4 Å². The molecule has 1 radical (unpaired) electrons. The van der Waals surface area contributed by atoms with E-state index >= 15 is 0 Å². The normalized spacial score (nSPS) is 11.9. The maximum absolute atomic E-state index is 9.75. The first-order valence-electron chi connectivity index (χ1n) is 12.2. The van der Waals surface area contributed by atoms with Crippen molar-refractivity contribution >= 4 is 31.1 Å². The molecule has 0 saturated heterocycles. The van der Waals surface area contributed by atoms with E-state index in [1.807, 2.05) is 6.08 Å². The zero-order valence-corrected chi connectivity index (χ0v) is 25.9. The van der Waals surface area contributed by atoms with Crippen LogP contribution in [0.5, 0.6) is 0 Å². The molecule has 38 heavy (non-hydrogen) atoms. The van der Waals surface area contributed by atoms with Gasteiger partial charge in [0, 0.05) is 20.4 Å². The minimum absolute atomic E-state index is 0. The molecule has 0 bridgehead atoms. The Kier molecular flexibility index (Phi) is 21.8. The first-order valence-corrected chi connectivity index (χ1v) is 13.5. The maximum Gasteiger partial charge on any atom is 0.673 e. The Balaban J connectivity index is 0. The van der Waals surface area contributed by atoms with E-state index in [0.717, 1.165) is 0 Å². The number of rotatable bonds is 3. The van der Waals surface area contributed by atoms with Crippen molar-refractivity contribution in [1.82, 2.24) is 0 Å². The van der Waals surface area contributed by atoms with E-state index in [1.165, 1.54) is 48.0 Å². The molecule has 3 aromatic carbocycles. The molecule has 0 aliphatic heterocycles. The standard InChI is InChI=1S/C18H15P.C6H12.C5H10.BF4.NO.Re/c1-4-10-16(11-5-1)19(17-12-6-2-7-13-17)18-14-8-3-9-15-18;1-5-6(2,3)4;1-2-4-5-3-1;2-1(3,4)5;1-2;/h1-15H;5H,1H2,2-4H3;1-5H2;;;/q;;;2*-1;. The van der Waals surface area contributed by atoms with Crippen LogP contribution in [0, 0.1) is 10.3 Å². The zero-order valence-electron chi connectivity index (χ0n) is 22.3. The number of nitrogens with zero attached hydrogens (tertiary/aromatic N) is 1. The number of allylic oxidation sites excluding steroid dienone is 1. The predicted molar refractivity (Wildman–Crippen MR) is 155 cm³/mol. The Bertz CT molecular complexity index is 848. The molecule has 9 heteroatoms. The largest absolute Gasteiger partial charge is 0.673 e. The van der Waals surface area contributed by atoms with Gasteiger partial charge in [0.15, 0.2) is 0 Å². The van der Waals surface area contributed by atoms with Crippen molar-refractivity contribution in [1.29, 1.82) is 0 Å². The molecular weight excluding hydrogens is 682 g/mol. The van der Waals surface area contributed by atoms with Crippen LogP contribution in [0.15, 0.2) is 104 Å². The Morgan fingerprint density at radius 3 is 1.00 bits per heavy atom. The Morgan fingerprint density at radius 2 is 0.842 bits per heavy atom. The fourth-order valence-electron chi connectivity index (χ4n) is 3.06. The second-order valence-electron chi connectivity index (χ2n) is 9.17. The van der Waals surface area contributed by atoms with Crippen molar-refractivity contribution in [3.05, 3.63) is 114 Å². The third kappa shape index (κ3) is 20.9. The van der Waals surface area contributed by atoms with Crippen molar-refractivity contribution in [3.63, 3.8) is 0 Å². The van der Waals surface area contributed by atoms with Crippen LogP contribution in [-0.4, -0.2) is 7.25 Å². The van der Waals surface area contributed by atoms with E-state index in [1.54, 1.807) is 0 Å². The van der Waals surface area contributed by atoms with E-state index in [0.29, 0.717) is 5.41 Å². The van der Waals surface area contributed by atoms with Crippen molar-refractivity contribution in [2.45, 2.75) is 52.9 Å². The summed E-state index contributed by atoms with van der Waals surface area (Å²) >= 11 is 0. The Hall–Kier alpha value is -2.12. The fourth-order valence-corrected chi connectivity index (χ4v) is 5.37. The topological polar surface area (TPSA) is 39.4 Å². The molecule has 1 aliphatic rings. The molecule has 1 fully saturated rings. The summed E-state index contributed by atoms with van der Waals surface area (Å²) in [5.41, 5.74) is 6.06. The number of benzene rings is 3. The zero-order chi connectivity index (χ0) is 28.2. The van der Waals surface area contributed by atoms with Gasteiger partial charge in [-0.25, -0.2) is 0 Å². The fraction of sp³-hybridized carbons (Fsp3) is 0.310. The van der Waals surface area contributed by atoms with E-state index in [2.05, 4.69) is 118 Å². The number of halogens is 4. The smallest absolute Gasteiger partial charge is 0.577 e. The number of hydrogen-bond acceptors (Lipinski definition) is 1. The minimum atomic E-state index is -6.00. The van der Waals surface area contributed by atoms with Gasteiger partial charge >= 0.3 is 7.25 Å². The first-order chi connectivity index (χ1) is 17.5. The van der Waals surface area contributed by atoms with Crippen LogP contribution < -0.4 is 15.9 Å². The quantitative estimate of drug-likeness (QED) is 0.115. The molecule has 1 aliphatic carbocycles. The van der Waals surface area contributed by atoms with Gasteiger partial charge < -0.3 is 27.8 Å². The molecule has 0 amide bonds. The summed E-state index contributed by atoms with van der Waals surface area (Å²) in [5.74, 6) is 0.